The Bertz CT molecular complexity index is 359. The molecule has 0 fully saturated rings. The summed E-state index contributed by atoms with van der Waals surface area (Å²) in [6.07, 6.45) is 0. The van der Waals surface area contributed by atoms with Gasteiger partial charge >= 0.3 is 11.9 Å². The van der Waals surface area contributed by atoms with Crippen molar-refractivity contribution in [2.75, 3.05) is 0 Å². The van der Waals surface area contributed by atoms with E-state index < -0.39 is 11.9 Å². The van der Waals surface area contributed by atoms with Gasteiger partial charge in [-0.05, 0) is 24.3 Å². The smallest absolute Gasteiger partial charge is 0.335 e. The number of carboxylic acids is 2. The molecule has 0 aliphatic heterocycles. The van der Waals surface area contributed by atoms with Crippen LogP contribution >= 0.6 is 0 Å². The van der Waals surface area contributed by atoms with Gasteiger partial charge in [-0.1, -0.05) is 0 Å². The molecular weight excluding hydrogens is 214 g/mol. The molecule has 0 heterocycles. The van der Waals surface area contributed by atoms with Crippen LogP contribution in [0.1, 0.15) is 27.6 Å². The number of rotatable bonds is 2. The van der Waals surface area contributed by atoms with Gasteiger partial charge in [-0.2, -0.15) is 0 Å². The molecule has 0 bridgehead atoms. The van der Waals surface area contributed by atoms with E-state index >= 15 is 0 Å². The fraction of sp³-hybridized carbons (Fsp3) is 0.100. The number of benzene rings is 1. The van der Waals surface area contributed by atoms with Crippen molar-refractivity contribution in [3.8, 4) is 0 Å². The van der Waals surface area contributed by atoms with Crippen molar-refractivity contribution in [3.63, 3.8) is 0 Å². The fourth-order valence-corrected chi connectivity index (χ4v) is 0.755. The van der Waals surface area contributed by atoms with Crippen LogP contribution in [0.25, 0.3) is 0 Å². The number of carboxylic acid groups (broad SMARTS) is 2. The Kier molecular flexibility index (Phi) is 5.26. The van der Waals surface area contributed by atoms with Gasteiger partial charge in [0.05, 0.1) is 11.1 Å². The lowest BCUT2D eigenvalue weighted by Crippen LogP contribution is -2.01. The summed E-state index contributed by atoms with van der Waals surface area (Å²) in [4.78, 5) is 29.9. The molecule has 16 heavy (non-hydrogen) atoms. The molecule has 4 N–H and O–H groups in total. The molecule has 6 nitrogen and oxygen atoms in total. The predicted molar refractivity (Wildman–Crippen MR) is 55.2 cm³/mol. The first-order chi connectivity index (χ1) is 7.34. The summed E-state index contributed by atoms with van der Waals surface area (Å²) in [6, 6.07) is 5.02. The summed E-state index contributed by atoms with van der Waals surface area (Å²) >= 11 is 0. The lowest BCUT2D eigenvalue weighted by Gasteiger charge is -1.94. The number of carbonyl (C=O) groups is 3. The molecule has 6 heteroatoms. The van der Waals surface area contributed by atoms with Crippen molar-refractivity contribution in [1.82, 2.24) is 0 Å². The Balaban J connectivity index is 0.000000487. The topological polar surface area (TPSA) is 118 Å². The quantitative estimate of drug-likeness (QED) is 0.680. The minimum Gasteiger partial charge on any atom is -0.478 e. The van der Waals surface area contributed by atoms with Gasteiger partial charge in [0.25, 0.3) is 0 Å². The van der Waals surface area contributed by atoms with Crippen LogP contribution in [0.15, 0.2) is 24.3 Å². The van der Waals surface area contributed by atoms with E-state index in [1.807, 2.05) is 0 Å². The summed E-state index contributed by atoms with van der Waals surface area (Å²) in [5.41, 5.74) is 4.64. The van der Waals surface area contributed by atoms with Crippen LogP contribution in [0.2, 0.25) is 0 Å². The van der Waals surface area contributed by atoms with Crippen LogP contribution in [0, 0.1) is 0 Å². The van der Waals surface area contributed by atoms with Crippen LogP contribution < -0.4 is 5.73 Å². The highest BCUT2D eigenvalue weighted by molar-refractivity contribution is 5.91. The molecule has 0 radical (unpaired) electrons. The molecule has 0 aliphatic rings. The number of hydrogen-bond donors (Lipinski definition) is 3. The highest BCUT2D eigenvalue weighted by Gasteiger charge is 2.04. The SMILES string of the molecule is CC(N)=O.O=C(O)c1ccc(C(=O)O)cc1. The first-order valence-electron chi connectivity index (χ1n) is 4.17. The maximum absolute atomic E-state index is 10.3. The van der Waals surface area contributed by atoms with E-state index in [0.29, 0.717) is 0 Å². The Morgan fingerprint density at radius 1 is 0.938 bits per heavy atom. The molecule has 0 spiro atoms. The van der Waals surface area contributed by atoms with Crippen LogP contribution in [-0.4, -0.2) is 28.1 Å². The van der Waals surface area contributed by atoms with Gasteiger partial charge in [0.15, 0.2) is 0 Å². The first-order valence-corrected chi connectivity index (χ1v) is 4.17. The van der Waals surface area contributed by atoms with Crippen LogP contribution in [0.5, 0.6) is 0 Å². The zero-order valence-electron chi connectivity index (χ0n) is 8.51. The molecule has 0 saturated carbocycles. The lowest BCUT2D eigenvalue weighted by atomic mass is 10.1. The van der Waals surface area contributed by atoms with Gasteiger partial charge < -0.3 is 15.9 Å². The van der Waals surface area contributed by atoms with Gasteiger partial charge in [-0.3, -0.25) is 4.79 Å². The molecule has 1 rings (SSSR count). The molecule has 1 aromatic carbocycles. The second-order valence-electron chi connectivity index (χ2n) is 2.80. The summed E-state index contributed by atoms with van der Waals surface area (Å²) in [7, 11) is 0. The Morgan fingerprint density at radius 3 is 1.25 bits per heavy atom. The second kappa shape index (κ2) is 6.18. The Hall–Kier alpha value is -2.37. The van der Waals surface area contributed by atoms with Gasteiger partial charge in [0, 0.05) is 6.92 Å². The Labute approximate surface area is 91.3 Å². The third kappa shape index (κ3) is 5.38. The molecule has 0 aliphatic carbocycles. The molecule has 0 saturated heterocycles. The van der Waals surface area contributed by atoms with E-state index in [1.165, 1.54) is 31.2 Å². The average molecular weight is 225 g/mol. The van der Waals surface area contributed by atoms with Crippen LogP contribution in [0.3, 0.4) is 0 Å². The van der Waals surface area contributed by atoms with Crippen molar-refractivity contribution in [2.24, 2.45) is 5.73 Å². The molecular formula is C10H11NO5. The maximum Gasteiger partial charge on any atom is 0.335 e. The second-order valence-corrected chi connectivity index (χ2v) is 2.80. The van der Waals surface area contributed by atoms with Gasteiger partial charge in [-0.15, -0.1) is 0 Å². The van der Waals surface area contributed by atoms with Crippen molar-refractivity contribution in [2.45, 2.75) is 6.92 Å². The number of aromatic carboxylic acids is 2. The number of primary amides is 1. The number of amides is 1. The number of hydrogen-bond acceptors (Lipinski definition) is 3. The number of carbonyl (C=O) groups excluding carboxylic acids is 1. The zero-order valence-corrected chi connectivity index (χ0v) is 8.51. The zero-order chi connectivity index (χ0) is 12.7. The van der Waals surface area contributed by atoms with Crippen molar-refractivity contribution in [1.29, 1.82) is 0 Å². The normalized spacial score (nSPS) is 8.56. The monoisotopic (exact) mass is 225 g/mol. The molecule has 0 aromatic heterocycles. The summed E-state index contributed by atoms with van der Waals surface area (Å²) in [6.45, 7) is 1.31. The third-order valence-electron chi connectivity index (χ3n) is 1.38. The van der Waals surface area contributed by atoms with E-state index in [1.54, 1.807) is 0 Å². The van der Waals surface area contributed by atoms with Crippen LogP contribution in [-0.2, 0) is 4.79 Å². The predicted octanol–water partition coefficient (Wildman–Crippen LogP) is 0.575. The van der Waals surface area contributed by atoms with Gasteiger partial charge in [0.1, 0.15) is 0 Å². The standard InChI is InChI=1S/C8H6O4.C2H5NO/c9-7(10)5-1-2-6(4-3-5)8(11)12;1-2(3)4/h1-4H,(H,9,10)(H,11,12);1H3,(H2,3,4). The maximum atomic E-state index is 10.3. The van der Waals surface area contributed by atoms with Gasteiger partial charge in [0.2, 0.25) is 5.91 Å². The van der Waals surface area contributed by atoms with E-state index in [9.17, 15) is 14.4 Å². The van der Waals surface area contributed by atoms with E-state index in [-0.39, 0.29) is 17.0 Å². The minimum absolute atomic E-state index is 0.0833. The molecule has 1 aromatic rings. The van der Waals surface area contributed by atoms with E-state index in [2.05, 4.69) is 5.73 Å². The average Bonchev–Trinajstić information content (AvgIpc) is 2.17. The molecule has 86 valence electrons. The molecule has 0 atom stereocenters. The van der Waals surface area contributed by atoms with E-state index in [0.717, 1.165) is 0 Å². The fourth-order valence-electron chi connectivity index (χ4n) is 0.755. The summed E-state index contributed by atoms with van der Waals surface area (Å²) in [5.74, 6) is -2.46. The van der Waals surface area contributed by atoms with Crippen molar-refractivity contribution >= 4 is 17.8 Å². The number of nitrogens with two attached hydrogens (primary N) is 1. The lowest BCUT2D eigenvalue weighted by molar-refractivity contribution is -0.115. The van der Waals surface area contributed by atoms with E-state index in [4.69, 9.17) is 10.2 Å². The van der Waals surface area contributed by atoms with Crippen LogP contribution in [0.4, 0.5) is 0 Å². The molecule has 0 unspecified atom stereocenters. The van der Waals surface area contributed by atoms with Crippen molar-refractivity contribution in [3.05, 3.63) is 35.4 Å². The minimum atomic E-state index is -1.06. The largest absolute Gasteiger partial charge is 0.478 e. The summed E-state index contributed by atoms with van der Waals surface area (Å²) in [5, 5.41) is 16.9. The summed E-state index contributed by atoms with van der Waals surface area (Å²) < 4.78 is 0. The van der Waals surface area contributed by atoms with Crippen molar-refractivity contribution < 1.29 is 24.6 Å². The van der Waals surface area contributed by atoms with Gasteiger partial charge in [-0.25, -0.2) is 9.59 Å². The third-order valence-corrected chi connectivity index (χ3v) is 1.38. The highest BCUT2D eigenvalue weighted by atomic mass is 16.4. The molecule has 1 amide bonds. The highest BCUT2D eigenvalue weighted by Crippen LogP contribution is 2.03. The Morgan fingerprint density at radius 2 is 1.12 bits per heavy atom. The first kappa shape index (κ1) is 13.6.